The van der Waals surface area contributed by atoms with Gasteiger partial charge in [-0.25, -0.2) is 9.38 Å². The van der Waals surface area contributed by atoms with E-state index in [4.69, 9.17) is 14.2 Å². The molecule has 0 bridgehead atoms. The van der Waals surface area contributed by atoms with Crippen molar-refractivity contribution in [3.63, 3.8) is 0 Å². The first-order valence-corrected chi connectivity index (χ1v) is 9.52. The highest BCUT2D eigenvalue weighted by molar-refractivity contribution is 7.15. The summed E-state index contributed by atoms with van der Waals surface area (Å²) >= 11 is 1.36. The maximum Gasteiger partial charge on any atom is 0.274 e. The quantitative estimate of drug-likeness (QED) is 0.530. The molecule has 0 saturated heterocycles. The first-order chi connectivity index (χ1) is 13.5. The number of thiazole rings is 1. The molecule has 144 valence electrons. The lowest BCUT2D eigenvalue weighted by Gasteiger charge is -2.12. The van der Waals surface area contributed by atoms with Gasteiger partial charge in [0.15, 0.2) is 16.5 Å². The Hall–Kier alpha value is -3.06. The second kappa shape index (κ2) is 6.83. The van der Waals surface area contributed by atoms with Crippen LogP contribution < -0.4 is 24.3 Å². The maximum atomic E-state index is 13.1. The van der Waals surface area contributed by atoms with E-state index in [-0.39, 0.29) is 5.56 Å². The van der Waals surface area contributed by atoms with E-state index in [0.29, 0.717) is 26.7 Å². The van der Waals surface area contributed by atoms with Crippen LogP contribution in [0.3, 0.4) is 0 Å². The standard InChI is InChI=1S/C21H20N2O4S/c1-11-6-14-15(7-12(11)2)23-20(24)18(28-21(23)22-14)10-13-8-16(25-3)19(27-5)17(9-13)26-4/h6-10H,1-5H3/b18-10-. The van der Waals surface area contributed by atoms with Crippen molar-refractivity contribution >= 4 is 33.4 Å². The minimum absolute atomic E-state index is 0.0838. The van der Waals surface area contributed by atoms with Gasteiger partial charge in [-0.15, -0.1) is 0 Å². The number of ether oxygens (including phenoxy) is 3. The number of aromatic nitrogens is 2. The molecule has 0 N–H and O–H groups in total. The Bertz CT molecular complexity index is 1300. The van der Waals surface area contributed by atoms with E-state index in [1.54, 1.807) is 25.7 Å². The summed E-state index contributed by atoms with van der Waals surface area (Å²) in [5.74, 6) is 1.60. The van der Waals surface area contributed by atoms with E-state index in [0.717, 1.165) is 27.7 Å². The Morgan fingerprint density at radius 2 is 1.61 bits per heavy atom. The van der Waals surface area contributed by atoms with Gasteiger partial charge in [-0.3, -0.25) is 4.79 Å². The number of fused-ring (bicyclic) bond motifs is 3. The molecule has 0 unspecified atom stereocenters. The number of hydrogen-bond donors (Lipinski definition) is 0. The molecule has 0 aliphatic heterocycles. The topological polar surface area (TPSA) is 62.1 Å². The smallest absolute Gasteiger partial charge is 0.274 e. The van der Waals surface area contributed by atoms with Crippen molar-refractivity contribution in [2.24, 2.45) is 0 Å². The molecule has 0 atom stereocenters. The van der Waals surface area contributed by atoms with Crippen molar-refractivity contribution in [1.29, 1.82) is 0 Å². The predicted molar refractivity (Wildman–Crippen MR) is 111 cm³/mol. The van der Waals surface area contributed by atoms with Crippen LogP contribution in [0.2, 0.25) is 0 Å². The van der Waals surface area contributed by atoms with Gasteiger partial charge in [0.1, 0.15) is 0 Å². The zero-order valence-electron chi connectivity index (χ0n) is 16.3. The summed E-state index contributed by atoms with van der Waals surface area (Å²) in [4.78, 5) is 18.4. The number of imidazole rings is 1. The number of methoxy groups -OCH3 is 3. The fraction of sp³-hybridized carbons (Fsp3) is 0.238. The highest BCUT2D eigenvalue weighted by Crippen LogP contribution is 2.38. The summed E-state index contributed by atoms with van der Waals surface area (Å²) in [6, 6.07) is 7.66. The van der Waals surface area contributed by atoms with Gasteiger partial charge in [0.2, 0.25) is 5.75 Å². The van der Waals surface area contributed by atoms with Crippen LogP contribution >= 0.6 is 11.3 Å². The van der Waals surface area contributed by atoms with Crippen molar-refractivity contribution in [1.82, 2.24) is 9.38 Å². The van der Waals surface area contributed by atoms with Crippen LogP contribution in [0.25, 0.3) is 22.1 Å². The molecule has 4 rings (SSSR count). The van der Waals surface area contributed by atoms with Gasteiger partial charge in [-0.05, 0) is 60.9 Å². The summed E-state index contributed by atoms with van der Waals surface area (Å²) in [7, 11) is 4.69. The molecule has 0 radical (unpaired) electrons. The van der Waals surface area contributed by atoms with Crippen LogP contribution in [0.4, 0.5) is 0 Å². The largest absolute Gasteiger partial charge is 0.493 e. The Balaban J connectivity index is 1.95. The zero-order chi connectivity index (χ0) is 20.0. The summed E-state index contributed by atoms with van der Waals surface area (Å²) < 4.78 is 18.4. The lowest BCUT2D eigenvalue weighted by Crippen LogP contribution is -2.22. The van der Waals surface area contributed by atoms with Gasteiger partial charge in [0.25, 0.3) is 5.56 Å². The third kappa shape index (κ3) is 2.79. The van der Waals surface area contributed by atoms with Crippen LogP contribution in [0.1, 0.15) is 16.7 Å². The second-order valence-corrected chi connectivity index (χ2v) is 7.54. The average molecular weight is 396 g/mol. The molecule has 4 aromatic rings. The Morgan fingerprint density at radius 3 is 2.21 bits per heavy atom. The molecule has 0 aliphatic rings. The molecule has 0 saturated carbocycles. The van der Waals surface area contributed by atoms with Crippen LogP contribution in [0, 0.1) is 13.8 Å². The van der Waals surface area contributed by atoms with E-state index in [1.807, 2.05) is 44.2 Å². The summed E-state index contributed by atoms with van der Waals surface area (Å²) in [6.07, 6.45) is 1.82. The van der Waals surface area contributed by atoms with Gasteiger partial charge in [0, 0.05) is 0 Å². The Kier molecular flexibility index (Phi) is 4.47. The third-order valence-electron chi connectivity index (χ3n) is 4.84. The number of benzene rings is 2. The van der Waals surface area contributed by atoms with E-state index >= 15 is 0 Å². The first kappa shape index (κ1) is 18.3. The minimum Gasteiger partial charge on any atom is -0.493 e. The number of hydrogen-bond acceptors (Lipinski definition) is 6. The fourth-order valence-electron chi connectivity index (χ4n) is 3.25. The van der Waals surface area contributed by atoms with Crippen LogP contribution in [0.15, 0.2) is 29.1 Å². The summed E-state index contributed by atoms with van der Waals surface area (Å²) in [5, 5.41) is 0. The normalized spacial score (nSPS) is 12.1. The van der Waals surface area contributed by atoms with Crippen LogP contribution in [-0.2, 0) is 0 Å². The van der Waals surface area contributed by atoms with Crippen molar-refractivity contribution < 1.29 is 14.2 Å². The molecule has 0 aliphatic carbocycles. The molecule has 2 heterocycles. The summed E-state index contributed by atoms with van der Waals surface area (Å²) in [6.45, 7) is 4.08. The monoisotopic (exact) mass is 396 g/mol. The molecule has 2 aromatic heterocycles. The van der Waals surface area contributed by atoms with Gasteiger partial charge in [0.05, 0.1) is 36.9 Å². The first-order valence-electron chi connectivity index (χ1n) is 8.70. The highest BCUT2D eigenvalue weighted by atomic mass is 32.1. The molecular formula is C21H20N2O4S. The summed E-state index contributed by atoms with van der Waals surface area (Å²) in [5.41, 5.74) is 4.67. The molecule has 0 spiro atoms. The maximum absolute atomic E-state index is 13.1. The van der Waals surface area contributed by atoms with Gasteiger partial charge >= 0.3 is 0 Å². The van der Waals surface area contributed by atoms with E-state index in [1.165, 1.54) is 11.3 Å². The van der Waals surface area contributed by atoms with E-state index in [2.05, 4.69) is 4.98 Å². The van der Waals surface area contributed by atoms with Crippen LogP contribution in [0.5, 0.6) is 17.2 Å². The molecular weight excluding hydrogens is 376 g/mol. The van der Waals surface area contributed by atoms with Gasteiger partial charge < -0.3 is 14.2 Å². The van der Waals surface area contributed by atoms with E-state index in [9.17, 15) is 4.79 Å². The molecule has 0 amide bonds. The second-order valence-electron chi connectivity index (χ2n) is 6.53. The van der Waals surface area contributed by atoms with Gasteiger partial charge in [-0.2, -0.15) is 0 Å². The number of aryl methyl sites for hydroxylation is 2. The van der Waals surface area contributed by atoms with Gasteiger partial charge in [-0.1, -0.05) is 11.3 Å². The predicted octanol–water partition coefficient (Wildman–Crippen LogP) is 3.10. The Labute approximate surface area is 165 Å². The highest BCUT2D eigenvalue weighted by Gasteiger charge is 2.15. The zero-order valence-corrected chi connectivity index (χ0v) is 17.1. The molecule has 2 aromatic carbocycles. The van der Waals surface area contributed by atoms with Crippen molar-refractivity contribution in [3.05, 3.63) is 55.8 Å². The van der Waals surface area contributed by atoms with Crippen LogP contribution in [-0.4, -0.2) is 30.7 Å². The average Bonchev–Trinajstić information content (AvgIpc) is 3.17. The lowest BCUT2D eigenvalue weighted by molar-refractivity contribution is 0.324. The lowest BCUT2D eigenvalue weighted by atomic mass is 10.1. The van der Waals surface area contributed by atoms with Crippen molar-refractivity contribution in [3.8, 4) is 17.2 Å². The molecule has 6 nitrogen and oxygen atoms in total. The van der Waals surface area contributed by atoms with Crippen molar-refractivity contribution in [2.45, 2.75) is 13.8 Å². The molecule has 28 heavy (non-hydrogen) atoms. The SMILES string of the molecule is COc1cc(/C=c2\sc3nc4cc(C)c(C)cc4n3c2=O)cc(OC)c1OC. The van der Waals surface area contributed by atoms with Crippen molar-refractivity contribution in [2.75, 3.05) is 21.3 Å². The number of rotatable bonds is 4. The molecule has 7 heteroatoms. The fourth-order valence-corrected chi connectivity index (χ4v) is 4.24. The van der Waals surface area contributed by atoms with E-state index < -0.39 is 0 Å². The third-order valence-corrected chi connectivity index (χ3v) is 5.81. The minimum atomic E-state index is -0.0838. The Morgan fingerprint density at radius 1 is 0.964 bits per heavy atom. The number of nitrogens with zero attached hydrogens (tertiary/aromatic N) is 2. The molecule has 0 fully saturated rings.